The minimum atomic E-state index is 0.386. The van der Waals surface area contributed by atoms with E-state index in [9.17, 15) is 0 Å². The Morgan fingerprint density at radius 2 is 2.12 bits per heavy atom. The van der Waals surface area contributed by atoms with Gasteiger partial charge in [0.25, 0.3) is 0 Å². The molecule has 3 nitrogen and oxygen atoms in total. The van der Waals surface area contributed by atoms with Gasteiger partial charge in [0.1, 0.15) is 0 Å². The Hall–Kier alpha value is -0.610. The van der Waals surface area contributed by atoms with Crippen LogP contribution in [0.3, 0.4) is 0 Å². The van der Waals surface area contributed by atoms with Gasteiger partial charge in [0, 0.05) is 30.7 Å². The highest BCUT2D eigenvalue weighted by atomic mass is 35.5. The highest BCUT2D eigenvalue weighted by Gasteiger charge is 2.19. The van der Waals surface area contributed by atoms with Crippen molar-refractivity contribution in [1.29, 1.82) is 0 Å². The number of rotatable bonds is 4. The van der Waals surface area contributed by atoms with E-state index in [1.54, 1.807) is 0 Å². The zero-order valence-electron chi connectivity index (χ0n) is 9.94. The zero-order chi connectivity index (χ0) is 12.1. The van der Waals surface area contributed by atoms with E-state index in [0.29, 0.717) is 12.6 Å². The molecular weight excluding hydrogens is 236 g/mol. The van der Waals surface area contributed by atoms with Gasteiger partial charge in [-0.05, 0) is 24.1 Å². The van der Waals surface area contributed by atoms with Crippen molar-refractivity contribution in [3.8, 4) is 0 Å². The molecule has 0 amide bonds. The van der Waals surface area contributed by atoms with Gasteiger partial charge in [0.15, 0.2) is 0 Å². The van der Waals surface area contributed by atoms with Crippen molar-refractivity contribution in [2.75, 3.05) is 32.8 Å². The summed E-state index contributed by atoms with van der Waals surface area (Å²) in [6, 6.07) is 8.40. The Morgan fingerprint density at radius 3 is 2.76 bits per heavy atom. The van der Waals surface area contributed by atoms with Crippen LogP contribution in [0.25, 0.3) is 0 Å². The topological polar surface area (TPSA) is 38.5 Å². The second-order valence-electron chi connectivity index (χ2n) is 4.37. The molecule has 4 heteroatoms. The fourth-order valence-corrected chi connectivity index (χ4v) is 2.45. The first kappa shape index (κ1) is 12.8. The second kappa shape index (κ2) is 6.36. The van der Waals surface area contributed by atoms with Gasteiger partial charge in [-0.25, -0.2) is 0 Å². The molecule has 1 saturated heterocycles. The van der Waals surface area contributed by atoms with Crippen LogP contribution in [0.15, 0.2) is 24.3 Å². The summed E-state index contributed by atoms with van der Waals surface area (Å²) in [5.74, 6) is 0. The molecule has 2 N–H and O–H groups in total. The van der Waals surface area contributed by atoms with Gasteiger partial charge < -0.3 is 10.5 Å². The van der Waals surface area contributed by atoms with Crippen LogP contribution in [-0.4, -0.2) is 43.8 Å². The molecule has 0 radical (unpaired) electrons. The Bertz CT molecular complexity index is 353. The summed E-state index contributed by atoms with van der Waals surface area (Å²) in [4.78, 5) is 2.41. The SMILES string of the molecule is NCC(Cc1cccc(Cl)c1)N1CCOCC1. The monoisotopic (exact) mass is 254 g/mol. The predicted octanol–water partition coefficient (Wildman–Crippen LogP) is 1.54. The highest BCUT2D eigenvalue weighted by Crippen LogP contribution is 2.15. The Kier molecular flexibility index (Phi) is 4.80. The van der Waals surface area contributed by atoms with Crippen molar-refractivity contribution in [3.05, 3.63) is 34.9 Å². The van der Waals surface area contributed by atoms with Gasteiger partial charge in [-0.15, -0.1) is 0 Å². The summed E-state index contributed by atoms with van der Waals surface area (Å²) in [5.41, 5.74) is 7.12. The average molecular weight is 255 g/mol. The number of hydrogen-bond donors (Lipinski definition) is 1. The standard InChI is InChI=1S/C13H19ClN2O/c14-12-3-1-2-11(8-12)9-13(10-15)16-4-6-17-7-5-16/h1-3,8,13H,4-7,9-10,15H2. The van der Waals surface area contributed by atoms with E-state index in [4.69, 9.17) is 22.1 Å². The first-order valence-electron chi connectivity index (χ1n) is 6.06. The van der Waals surface area contributed by atoms with Crippen LogP contribution in [0.5, 0.6) is 0 Å². The van der Waals surface area contributed by atoms with E-state index in [-0.39, 0.29) is 0 Å². The molecule has 1 heterocycles. The van der Waals surface area contributed by atoms with Crippen LogP contribution in [-0.2, 0) is 11.2 Å². The van der Waals surface area contributed by atoms with Crippen LogP contribution in [0, 0.1) is 0 Å². The normalized spacial score (nSPS) is 19.2. The number of benzene rings is 1. The fraction of sp³-hybridized carbons (Fsp3) is 0.538. The van der Waals surface area contributed by atoms with E-state index in [1.807, 2.05) is 18.2 Å². The lowest BCUT2D eigenvalue weighted by atomic mass is 10.0. The maximum atomic E-state index is 5.99. The molecular formula is C13H19ClN2O. The average Bonchev–Trinajstić information content (AvgIpc) is 2.37. The Morgan fingerprint density at radius 1 is 1.35 bits per heavy atom. The van der Waals surface area contributed by atoms with Crippen LogP contribution < -0.4 is 5.73 Å². The number of ether oxygens (including phenoxy) is 1. The summed E-state index contributed by atoms with van der Waals surface area (Å²) < 4.78 is 5.36. The first-order chi connectivity index (χ1) is 8.29. The molecule has 2 rings (SSSR count). The minimum absolute atomic E-state index is 0.386. The van der Waals surface area contributed by atoms with Gasteiger partial charge in [0.05, 0.1) is 13.2 Å². The van der Waals surface area contributed by atoms with Crippen molar-refractivity contribution in [2.45, 2.75) is 12.5 Å². The maximum Gasteiger partial charge on any atom is 0.0594 e. The van der Waals surface area contributed by atoms with Crippen molar-refractivity contribution in [3.63, 3.8) is 0 Å². The molecule has 1 atom stereocenters. The molecule has 0 aliphatic carbocycles. The minimum Gasteiger partial charge on any atom is -0.379 e. The second-order valence-corrected chi connectivity index (χ2v) is 4.81. The van der Waals surface area contributed by atoms with Gasteiger partial charge in [-0.1, -0.05) is 23.7 Å². The third-order valence-electron chi connectivity index (χ3n) is 3.19. The Labute approximate surface area is 107 Å². The first-order valence-corrected chi connectivity index (χ1v) is 6.43. The third-order valence-corrected chi connectivity index (χ3v) is 3.43. The van der Waals surface area contributed by atoms with Crippen molar-refractivity contribution in [2.24, 2.45) is 5.73 Å². The summed E-state index contributed by atoms with van der Waals surface area (Å²) in [5, 5.41) is 0.792. The van der Waals surface area contributed by atoms with Crippen molar-refractivity contribution >= 4 is 11.6 Å². The highest BCUT2D eigenvalue weighted by molar-refractivity contribution is 6.30. The number of hydrogen-bond acceptors (Lipinski definition) is 3. The van der Waals surface area contributed by atoms with Gasteiger partial charge >= 0.3 is 0 Å². The molecule has 0 spiro atoms. The third kappa shape index (κ3) is 3.68. The molecule has 1 fully saturated rings. The largest absolute Gasteiger partial charge is 0.379 e. The molecule has 1 aromatic carbocycles. The number of nitrogens with zero attached hydrogens (tertiary/aromatic N) is 1. The van der Waals surface area contributed by atoms with E-state index < -0.39 is 0 Å². The summed E-state index contributed by atoms with van der Waals surface area (Å²) in [7, 11) is 0. The lowest BCUT2D eigenvalue weighted by molar-refractivity contribution is 0.0184. The zero-order valence-corrected chi connectivity index (χ0v) is 10.7. The molecule has 17 heavy (non-hydrogen) atoms. The van der Waals surface area contributed by atoms with Gasteiger partial charge in [-0.2, -0.15) is 0 Å². The summed E-state index contributed by atoms with van der Waals surface area (Å²) >= 11 is 5.99. The van der Waals surface area contributed by atoms with Gasteiger partial charge in [0.2, 0.25) is 0 Å². The number of morpholine rings is 1. The van der Waals surface area contributed by atoms with Crippen molar-refractivity contribution in [1.82, 2.24) is 4.90 Å². The summed E-state index contributed by atoms with van der Waals surface area (Å²) in [6.07, 6.45) is 0.955. The summed E-state index contributed by atoms with van der Waals surface area (Å²) in [6.45, 7) is 4.25. The molecule has 1 aliphatic heterocycles. The van der Waals surface area contributed by atoms with Gasteiger partial charge in [-0.3, -0.25) is 4.90 Å². The predicted molar refractivity (Wildman–Crippen MR) is 70.4 cm³/mol. The van der Waals surface area contributed by atoms with Crippen LogP contribution in [0.4, 0.5) is 0 Å². The van der Waals surface area contributed by atoms with E-state index in [1.165, 1.54) is 5.56 Å². The number of nitrogens with two attached hydrogens (primary N) is 1. The lowest BCUT2D eigenvalue weighted by Gasteiger charge is -2.33. The molecule has 1 unspecified atom stereocenters. The Balaban J connectivity index is 1.98. The van der Waals surface area contributed by atoms with E-state index in [2.05, 4.69) is 11.0 Å². The molecule has 1 aliphatic rings. The molecule has 0 bridgehead atoms. The van der Waals surface area contributed by atoms with E-state index in [0.717, 1.165) is 37.7 Å². The van der Waals surface area contributed by atoms with E-state index >= 15 is 0 Å². The molecule has 0 saturated carbocycles. The van der Waals surface area contributed by atoms with Crippen LogP contribution in [0.1, 0.15) is 5.56 Å². The quantitative estimate of drug-likeness (QED) is 0.886. The molecule has 94 valence electrons. The van der Waals surface area contributed by atoms with Crippen LogP contribution >= 0.6 is 11.6 Å². The van der Waals surface area contributed by atoms with Crippen LogP contribution in [0.2, 0.25) is 5.02 Å². The smallest absolute Gasteiger partial charge is 0.0594 e. The number of halogens is 1. The van der Waals surface area contributed by atoms with Crippen molar-refractivity contribution < 1.29 is 4.74 Å². The fourth-order valence-electron chi connectivity index (χ4n) is 2.24. The lowest BCUT2D eigenvalue weighted by Crippen LogP contribution is -2.47. The molecule has 0 aromatic heterocycles. The molecule has 1 aromatic rings. The maximum absolute atomic E-state index is 5.99.